The van der Waals surface area contributed by atoms with Gasteiger partial charge in [-0.25, -0.2) is 4.98 Å². The molecule has 3 aromatic rings. The van der Waals surface area contributed by atoms with Crippen LogP contribution in [-0.4, -0.2) is 14.8 Å². The van der Waals surface area contributed by atoms with Crippen LogP contribution in [0.5, 0.6) is 0 Å². The van der Waals surface area contributed by atoms with Gasteiger partial charge in [-0.1, -0.05) is 0 Å². The zero-order valence-corrected chi connectivity index (χ0v) is 9.42. The Morgan fingerprint density at radius 2 is 2.24 bits per heavy atom. The van der Waals surface area contributed by atoms with E-state index in [9.17, 15) is 0 Å². The van der Waals surface area contributed by atoms with Crippen molar-refractivity contribution in [1.82, 2.24) is 14.8 Å². The van der Waals surface area contributed by atoms with E-state index in [1.165, 1.54) is 0 Å². The third kappa shape index (κ3) is 1.87. The van der Waals surface area contributed by atoms with Crippen molar-refractivity contribution in [3.63, 3.8) is 0 Å². The SMILES string of the molecule is Cc1ccn(Cc2nc3cc(N)ccc3o2)n1. The minimum Gasteiger partial charge on any atom is -0.439 e. The molecular formula is C12H12N4O. The zero-order chi connectivity index (χ0) is 11.8. The lowest BCUT2D eigenvalue weighted by atomic mass is 10.3. The summed E-state index contributed by atoms with van der Waals surface area (Å²) in [7, 11) is 0. The van der Waals surface area contributed by atoms with Gasteiger partial charge in [0.05, 0.1) is 5.69 Å². The van der Waals surface area contributed by atoms with Gasteiger partial charge in [-0.3, -0.25) is 4.68 Å². The van der Waals surface area contributed by atoms with E-state index >= 15 is 0 Å². The molecule has 0 spiro atoms. The van der Waals surface area contributed by atoms with Crippen molar-refractivity contribution in [3.05, 3.63) is 42.0 Å². The molecule has 1 aromatic carbocycles. The molecule has 5 heteroatoms. The fourth-order valence-corrected chi connectivity index (χ4v) is 1.75. The van der Waals surface area contributed by atoms with Crippen molar-refractivity contribution in [2.75, 3.05) is 5.73 Å². The first kappa shape index (κ1) is 9.89. The van der Waals surface area contributed by atoms with E-state index in [2.05, 4.69) is 10.1 Å². The largest absolute Gasteiger partial charge is 0.439 e. The van der Waals surface area contributed by atoms with Crippen LogP contribution in [0, 0.1) is 6.92 Å². The predicted molar refractivity (Wildman–Crippen MR) is 64.5 cm³/mol. The van der Waals surface area contributed by atoms with E-state index in [1.54, 1.807) is 16.8 Å². The topological polar surface area (TPSA) is 69.9 Å². The number of benzene rings is 1. The Bertz CT molecular complexity index is 668. The van der Waals surface area contributed by atoms with E-state index in [0.717, 1.165) is 16.8 Å². The summed E-state index contributed by atoms with van der Waals surface area (Å²) in [6, 6.07) is 7.38. The molecule has 0 amide bonds. The monoisotopic (exact) mass is 228 g/mol. The highest BCUT2D eigenvalue weighted by molar-refractivity contribution is 5.76. The number of nitrogen functional groups attached to an aromatic ring is 1. The van der Waals surface area contributed by atoms with Crippen LogP contribution in [0.3, 0.4) is 0 Å². The van der Waals surface area contributed by atoms with E-state index in [-0.39, 0.29) is 0 Å². The Morgan fingerprint density at radius 1 is 1.35 bits per heavy atom. The fourth-order valence-electron chi connectivity index (χ4n) is 1.75. The number of nitrogens with two attached hydrogens (primary N) is 1. The number of rotatable bonds is 2. The molecule has 3 rings (SSSR count). The number of fused-ring (bicyclic) bond motifs is 1. The number of nitrogens with zero attached hydrogens (tertiary/aromatic N) is 3. The standard InChI is InChI=1S/C12H12N4O/c1-8-4-5-16(15-8)7-12-14-10-6-9(13)2-3-11(10)17-12/h2-6H,7,13H2,1H3. The second-order valence-electron chi connectivity index (χ2n) is 3.99. The smallest absolute Gasteiger partial charge is 0.217 e. The number of hydrogen-bond donors (Lipinski definition) is 1. The van der Waals surface area contributed by atoms with E-state index in [1.807, 2.05) is 25.3 Å². The number of aryl methyl sites for hydroxylation is 1. The maximum atomic E-state index is 5.69. The first-order valence-corrected chi connectivity index (χ1v) is 5.36. The molecule has 0 aliphatic rings. The molecule has 0 unspecified atom stereocenters. The van der Waals surface area contributed by atoms with Gasteiger partial charge < -0.3 is 10.2 Å². The predicted octanol–water partition coefficient (Wildman–Crippen LogP) is 1.96. The van der Waals surface area contributed by atoms with Gasteiger partial charge in [-0.2, -0.15) is 5.10 Å². The number of oxazole rings is 1. The van der Waals surface area contributed by atoms with Crippen LogP contribution in [0.25, 0.3) is 11.1 Å². The molecular weight excluding hydrogens is 216 g/mol. The van der Waals surface area contributed by atoms with Gasteiger partial charge in [-0.05, 0) is 31.2 Å². The molecule has 0 aliphatic carbocycles. The van der Waals surface area contributed by atoms with Gasteiger partial charge in [0.1, 0.15) is 12.1 Å². The third-order valence-corrected chi connectivity index (χ3v) is 2.53. The van der Waals surface area contributed by atoms with Gasteiger partial charge in [0, 0.05) is 11.9 Å². The van der Waals surface area contributed by atoms with Gasteiger partial charge in [0.15, 0.2) is 5.58 Å². The molecule has 0 aliphatic heterocycles. The summed E-state index contributed by atoms with van der Waals surface area (Å²) in [4.78, 5) is 4.37. The number of anilines is 1. The second-order valence-corrected chi connectivity index (χ2v) is 3.99. The van der Waals surface area contributed by atoms with Crippen LogP contribution in [0.4, 0.5) is 5.69 Å². The zero-order valence-electron chi connectivity index (χ0n) is 9.42. The molecule has 2 N–H and O–H groups in total. The fraction of sp³-hybridized carbons (Fsp3) is 0.167. The highest BCUT2D eigenvalue weighted by atomic mass is 16.3. The van der Waals surface area contributed by atoms with Crippen molar-refractivity contribution in [2.45, 2.75) is 13.5 Å². The van der Waals surface area contributed by atoms with Gasteiger partial charge >= 0.3 is 0 Å². The Kier molecular flexibility index (Phi) is 2.11. The molecule has 0 fully saturated rings. The first-order valence-electron chi connectivity index (χ1n) is 5.36. The molecule has 17 heavy (non-hydrogen) atoms. The van der Waals surface area contributed by atoms with Crippen molar-refractivity contribution >= 4 is 16.8 Å². The average Bonchev–Trinajstić information content (AvgIpc) is 2.84. The van der Waals surface area contributed by atoms with Crippen LogP contribution < -0.4 is 5.73 Å². The molecule has 5 nitrogen and oxygen atoms in total. The van der Waals surface area contributed by atoms with E-state index in [0.29, 0.717) is 18.1 Å². The summed E-state index contributed by atoms with van der Waals surface area (Å²) >= 11 is 0. The molecule has 2 aromatic heterocycles. The summed E-state index contributed by atoms with van der Waals surface area (Å²) in [5, 5.41) is 4.29. The molecule has 2 heterocycles. The van der Waals surface area contributed by atoms with Crippen LogP contribution in [-0.2, 0) is 6.54 Å². The summed E-state index contributed by atoms with van der Waals surface area (Å²) in [6.45, 7) is 2.48. The van der Waals surface area contributed by atoms with Crippen LogP contribution >= 0.6 is 0 Å². The molecule has 0 atom stereocenters. The lowest BCUT2D eigenvalue weighted by molar-refractivity contribution is 0.490. The third-order valence-electron chi connectivity index (χ3n) is 2.53. The highest BCUT2D eigenvalue weighted by Gasteiger charge is 2.06. The lowest BCUT2D eigenvalue weighted by Gasteiger charge is -1.94. The average molecular weight is 228 g/mol. The van der Waals surface area contributed by atoms with Gasteiger partial charge in [-0.15, -0.1) is 0 Å². The number of hydrogen-bond acceptors (Lipinski definition) is 4. The lowest BCUT2D eigenvalue weighted by Crippen LogP contribution is -2.00. The van der Waals surface area contributed by atoms with Crippen molar-refractivity contribution in [1.29, 1.82) is 0 Å². The van der Waals surface area contributed by atoms with Crippen LogP contribution in [0.1, 0.15) is 11.6 Å². The van der Waals surface area contributed by atoms with Gasteiger partial charge in [0.2, 0.25) is 5.89 Å². The Hall–Kier alpha value is -2.30. The number of aromatic nitrogens is 3. The molecule has 0 saturated carbocycles. The highest BCUT2D eigenvalue weighted by Crippen LogP contribution is 2.18. The Labute approximate surface area is 97.9 Å². The Morgan fingerprint density at radius 3 is 3.00 bits per heavy atom. The van der Waals surface area contributed by atoms with Crippen LogP contribution in [0.2, 0.25) is 0 Å². The van der Waals surface area contributed by atoms with Gasteiger partial charge in [0.25, 0.3) is 0 Å². The summed E-state index contributed by atoms with van der Waals surface area (Å²) in [6.07, 6.45) is 1.90. The maximum absolute atomic E-state index is 5.69. The van der Waals surface area contributed by atoms with Crippen LogP contribution in [0.15, 0.2) is 34.9 Å². The quantitative estimate of drug-likeness (QED) is 0.681. The summed E-state index contributed by atoms with van der Waals surface area (Å²) in [5.41, 5.74) is 8.88. The summed E-state index contributed by atoms with van der Waals surface area (Å²) < 4.78 is 7.40. The van der Waals surface area contributed by atoms with E-state index in [4.69, 9.17) is 10.2 Å². The summed E-state index contributed by atoms with van der Waals surface area (Å²) in [5.74, 6) is 0.633. The minimum absolute atomic E-state index is 0.530. The minimum atomic E-state index is 0.530. The molecule has 0 radical (unpaired) electrons. The van der Waals surface area contributed by atoms with E-state index < -0.39 is 0 Å². The maximum Gasteiger partial charge on any atom is 0.217 e. The van der Waals surface area contributed by atoms with Crippen molar-refractivity contribution in [2.24, 2.45) is 0 Å². The Balaban J connectivity index is 1.95. The second kappa shape index (κ2) is 3.62. The normalized spacial score (nSPS) is 11.1. The van der Waals surface area contributed by atoms with Crippen molar-refractivity contribution in [3.8, 4) is 0 Å². The molecule has 0 bridgehead atoms. The van der Waals surface area contributed by atoms with Crippen molar-refractivity contribution < 1.29 is 4.42 Å². The first-order chi connectivity index (χ1) is 8.20. The molecule has 86 valence electrons. The molecule has 0 saturated heterocycles.